The Morgan fingerprint density at radius 3 is 2.12 bits per heavy atom. The summed E-state index contributed by atoms with van der Waals surface area (Å²) in [5, 5.41) is 7.68. The van der Waals surface area contributed by atoms with Gasteiger partial charge in [0.05, 0.1) is 16.0 Å². The molecule has 1 heterocycles. The van der Waals surface area contributed by atoms with Gasteiger partial charge in [-0.1, -0.05) is 40.9 Å². The number of benzene rings is 2. The van der Waals surface area contributed by atoms with Crippen LogP contribution in [0.3, 0.4) is 0 Å². The van der Waals surface area contributed by atoms with Crippen molar-refractivity contribution in [2.45, 2.75) is 6.92 Å². The van der Waals surface area contributed by atoms with Gasteiger partial charge in [0, 0.05) is 10.6 Å². The Hall–Kier alpha value is -4.59. The molecule has 2 amide bonds. The molecule has 16 heteroatoms. The van der Waals surface area contributed by atoms with Gasteiger partial charge in [0.1, 0.15) is 17.3 Å². The lowest BCUT2D eigenvalue weighted by atomic mass is 10.1. The van der Waals surface area contributed by atoms with Crippen LogP contribution in [-0.2, 0) is 38.4 Å². The summed E-state index contributed by atoms with van der Waals surface area (Å²) in [5.41, 5.74) is -0.118. The van der Waals surface area contributed by atoms with E-state index in [-0.39, 0.29) is 32.2 Å². The lowest BCUT2D eigenvalue weighted by Crippen LogP contribution is -2.39. The van der Waals surface area contributed by atoms with Crippen molar-refractivity contribution in [3.63, 3.8) is 0 Å². The maximum Gasteiger partial charge on any atom is 0.388 e. The topological polar surface area (TPSA) is 190 Å². The SMILES string of the molecule is CC1C(=O)N(c2c(Cl)cc(Cl)cc2Cl)N=C1NC(=O)c1cccc(OC(=O)C(=O)C(=O)C(=O)C(=O)C(=O)C=O)c1. The number of halogens is 3. The van der Waals surface area contributed by atoms with Gasteiger partial charge in [-0.05, 0) is 37.3 Å². The first-order chi connectivity index (χ1) is 18.8. The highest BCUT2D eigenvalue weighted by molar-refractivity contribution is 6.94. The van der Waals surface area contributed by atoms with Crippen molar-refractivity contribution in [1.82, 2.24) is 5.32 Å². The molecule has 1 atom stereocenters. The normalized spacial score (nSPS) is 14.2. The molecule has 1 aliphatic rings. The number of ether oxygens (including phenoxy) is 1. The van der Waals surface area contributed by atoms with Crippen molar-refractivity contribution in [2.75, 3.05) is 5.01 Å². The quantitative estimate of drug-likeness (QED) is 0.143. The number of rotatable bonds is 9. The Kier molecular flexibility index (Phi) is 9.04. The zero-order valence-corrected chi connectivity index (χ0v) is 22.0. The molecule has 40 heavy (non-hydrogen) atoms. The number of esters is 1. The third-order valence-electron chi connectivity index (χ3n) is 5.07. The average molecular weight is 609 g/mol. The minimum Gasteiger partial charge on any atom is -0.420 e. The van der Waals surface area contributed by atoms with Gasteiger partial charge in [0.15, 0.2) is 6.29 Å². The van der Waals surface area contributed by atoms with Gasteiger partial charge in [-0.25, -0.2) is 4.79 Å². The fraction of sp³-hybridized carbons (Fsp3) is 0.0833. The number of ketones is 5. The van der Waals surface area contributed by atoms with E-state index in [1.165, 1.54) is 31.2 Å². The third-order valence-corrected chi connectivity index (χ3v) is 5.87. The largest absolute Gasteiger partial charge is 0.420 e. The molecule has 2 aromatic carbocycles. The van der Waals surface area contributed by atoms with Crippen molar-refractivity contribution < 1.29 is 47.9 Å². The predicted molar refractivity (Wildman–Crippen MR) is 136 cm³/mol. The molecule has 0 spiro atoms. The number of amides is 2. The van der Waals surface area contributed by atoms with Crippen LogP contribution in [0.2, 0.25) is 15.1 Å². The van der Waals surface area contributed by atoms with E-state index in [1.54, 1.807) is 0 Å². The molecule has 0 aromatic heterocycles. The average Bonchev–Trinajstić information content (AvgIpc) is 3.18. The Morgan fingerprint density at radius 2 is 1.52 bits per heavy atom. The predicted octanol–water partition coefficient (Wildman–Crippen LogP) is 1.32. The molecule has 204 valence electrons. The van der Waals surface area contributed by atoms with Crippen molar-refractivity contribution >= 4 is 99.3 Å². The van der Waals surface area contributed by atoms with Crippen LogP contribution in [0, 0.1) is 5.92 Å². The third kappa shape index (κ3) is 6.17. The molecular weight excluding hydrogens is 597 g/mol. The van der Waals surface area contributed by atoms with Crippen LogP contribution in [0.4, 0.5) is 5.69 Å². The minimum atomic E-state index is -2.19. The number of carbonyl (C=O) groups is 9. The molecule has 0 saturated carbocycles. The van der Waals surface area contributed by atoms with E-state index in [0.29, 0.717) is 0 Å². The number of Topliss-reactive ketones (excluding diaryl/α,β-unsaturated/α-hetero) is 5. The molecule has 1 aliphatic heterocycles. The number of amidine groups is 1. The zero-order valence-electron chi connectivity index (χ0n) is 19.7. The molecule has 1 unspecified atom stereocenters. The van der Waals surface area contributed by atoms with E-state index in [0.717, 1.165) is 17.1 Å². The fourth-order valence-corrected chi connectivity index (χ4v) is 4.06. The van der Waals surface area contributed by atoms with Crippen LogP contribution in [0.1, 0.15) is 17.3 Å². The van der Waals surface area contributed by atoms with Crippen molar-refractivity contribution in [1.29, 1.82) is 0 Å². The summed E-state index contributed by atoms with van der Waals surface area (Å²) in [4.78, 5) is 105. The highest BCUT2D eigenvalue weighted by Gasteiger charge is 2.38. The second-order valence-corrected chi connectivity index (χ2v) is 9.00. The number of anilines is 1. The van der Waals surface area contributed by atoms with E-state index >= 15 is 0 Å². The van der Waals surface area contributed by atoms with Crippen molar-refractivity contribution in [3.8, 4) is 5.75 Å². The monoisotopic (exact) mass is 607 g/mol. The van der Waals surface area contributed by atoms with Gasteiger partial charge < -0.3 is 10.1 Å². The van der Waals surface area contributed by atoms with E-state index < -0.39 is 64.7 Å². The second-order valence-electron chi connectivity index (χ2n) is 7.75. The lowest BCUT2D eigenvalue weighted by Gasteiger charge is -2.16. The minimum absolute atomic E-state index is 0.0262. The van der Waals surface area contributed by atoms with Crippen LogP contribution in [-0.4, -0.2) is 58.8 Å². The van der Waals surface area contributed by atoms with E-state index in [1.807, 2.05) is 0 Å². The Balaban J connectivity index is 1.74. The number of hydrogen-bond donors (Lipinski definition) is 1. The second kappa shape index (κ2) is 12.1. The van der Waals surface area contributed by atoms with Gasteiger partial charge in [0.25, 0.3) is 34.9 Å². The number of carbonyl (C=O) groups excluding carboxylic acids is 9. The maximum absolute atomic E-state index is 12.8. The van der Waals surface area contributed by atoms with E-state index in [4.69, 9.17) is 34.8 Å². The van der Waals surface area contributed by atoms with Gasteiger partial charge in [-0.2, -0.15) is 10.1 Å². The van der Waals surface area contributed by atoms with Gasteiger partial charge in [-0.3, -0.25) is 38.4 Å². The van der Waals surface area contributed by atoms with E-state index in [2.05, 4.69) is 15.2 Å². The number of hydrogen-bond acceptors (Lipinski definition) is 11. The molecule has 1 N–H and O–H groups in total. The highest BCUT2D eigenvalue weighted by Crippen LogP contribution is 2.39. The molecule has 0 radical (unpaired) electrons. The van der Waals surface area contributed by atoms with Crippen LogP contribution in [0.25, 0.3) is 0 Å². The van der Waals surface area contributed by atoms with Crippen LogP contribution < -0.4 is 15.1 Å². The first-order valence-corrected chi connectivity index (χ1v) is 11.8. The molecule has 0 aliphatic carbocycles. The highest BCUT2D eigenvalue weighted by atomic mass is 35.5. The van der Waals surface area contributed by atoms with Crippen LogP contribution >= 0.6 is 34.8 Å². The maximum atomic E-state index is 12.8. The standard InChI is InChI=1S/C24H12Cl3N3O10/c1-9-21(29-30(23(9)38)16-13(26)6-11(25)7-14(16)27)28-22(37)10-3-2-4-12(5-10)40-24(39)20(36)19(35)18(34)17(33)15(32)8-31/h2-9H,1H3,(H,28,29,37). The molecular formula is C24H12Cl3N3O10. The van der Waals surface area contributed by atoms with Crippen LogP contribution in [0.5, 0.6) is 5.75 Å². The number of hydrazone groups is 1. The smallest absolute Gasteiger partial charge is 0.388 e. The zero-order chi connectivity index (χ0) is 29.9. The van der Waals surface area contributed by atoms with E-state index in [9.17, 15) is 43.2 Å². The molecule has 0 saturated heterocycles. The molecule has 13 nitrogen and oxygen atoms in total. The number of nitrogens with zero attached hydrogens (tertiary/aromatic N) is 2. The van der Waals surface area contributed by atoms with Gasteiger partial charge in [-0.15, -0.1) is 0 Å². The van der Waals surface area contributed by atoms with Crippen molar-refractivity contribution in [2.24, 2.45) is 11.0 Å². The molecule has 2 aromatic rings. The number of nitrogens with one attached hydrogen (secondary N) is 1. The Morgan fingerprint density at radius 1 is 0.925 bits per heavy atom. The van der Waals surface area contributed by atoms with Gasteiger partial charge in [0.2, 0.25) is 0 Å². The first-order valence-electron chi connectivity index (χ1n) is 10.6. The van der Waals surface area contributed by atoms with Gasteiger partial charge >= 0.3 is 11.8 Å². The Bertz CT molecular complexity index is 1560. The van der Waals surface area contributed by atoms with Crippen molar-refractivity contribution in [3.05, 3.63) is 57.0 Å². The summed E-state index contributed by atoms with van der Waals surface area (Å²) in [6.45, 7) is 1.45. The summed E-state index contributed by atoms with van der Waals surface area (Å²) in [7, 11) is 0. The lowest BCUT2D eigenvalue weighted by molar-refractivity contribution is -0.156. The molecule has 0 fully saturated rings. The Labute approximate surface area is 238 Å². The number of aldehydes is 1. The summed E-state index contributed by atoms with van der Waals surface area (Å²) in [6.07, 6.45) is -0.542. The summed E-state index contributed by atoms with van der Waals surface area (Å²) < 4.78 is 4.68. The molecule has 0 bridgehead atoms. The van der Waals surface area contributed by atoms with Crippen LogP contribution in [0.15, 0.2) is 41.5 Å². The first kappa shape index (κ1) is 30.0. The summed E-state index contributed by atoms with van der Waals surface area (Å²) >= 11 is 18.2. The summed E-state index contributed by atoms with van der Waals surface area (Å²) in [6, 6.07) is 7.27. The summed E-state index contributed by atoms with van der Waals surface area (Å²) in [5.74, 6) is -15.2. The fourth-order valence-electron chi connectivity index (χ4n) is 3.08. The molecule has 3 rings (SSSR count).